The lowest BCUT2D eigenvalue weighted by Gasteiger charge is -1.69. The van der Waals surface area contributed by atoms with Crippen LogP contribution in [0.4, 0.5) is 0 Å². The third-order valence-electron chi connectivity index (χ3n) is 0. The van der Waals surface area contributed by atoms with Crippen LogP contribution in [-0.2, 0) is 20.5 Å². The summed E-state index contributed by atoms with van der Waals surface area (Å²) in [5.41, 5.74) is 0. The Morgan fingerprint density at radius 2 is 0.909 bits per heavy atom. The molecule has 72 valence electrons. The molecule has 0 aromatic carbocycles. The lowest BCUT2D eigenvalue weighted by Crippen LogP contribution is -1.89. The predicted molar refractivity (Wildman–Crippen MR) is 38.4 cm³/mol. The van der Waals surface area contributed by atoms with Crippen molar-refractivity contribution in [2.45, 2.75) is 7.43 Å². The molecule has 0 aliphatic carbocycles. The van der Waals surface area contributed by atoms with Gasteiger partial charge < -0.3 is 0 Å². The first-order valence-corrected chi connectivity index (χ1v) is 4.87. The van der Waals surface area contributed by atoms with Gasteiger partial charge in [0.15, 0.2) is 0 Å². The molecule has 0 aliphatic rings. The fourth-order valence-corrected chi connectivity index (χ4v) is 0. The second-order valence-electron chi connectivity index (χ2n) is 1.18. The Balaban J connectivity index is -0.000000107. The minimum Gasteiger partial charge on any atom is -0.286 e. The van der Waals surface area contributed by atoms with Crippen molar-refractivity contribution in [3.63, 3.8) is 0 Å². The first-order chi connectivity index (χ1) is 4.00. The van der Waals surface area contributed by atoms with E-state index in [-0.39, 0.29) is 7.43 Å². The average Bonchev–Trinajstić information content (AvgIpc) is 1.12. The lowest BCUT2D eigenvalue weighted by molar-refractivity contribution is 0.381. The molecule has 0 aromatic rings. The Labute approximate surface area is 65.4 Å². The zero-order chi connectivity index (χ0) is 9.00. The first-order valence-electron chi connectivity index (χ1n) is 1.62. The maximum absolute atomic E-state index is 9.19. The highest BCUT2D eigenvalue weighted by Gasteiger charge is 1.84. The summed E-state index contributed by atoms with van der Waals surface area (Å²) in [5.74, 6) is 0. The van der Waals surface area contributed by atoms with Gasteiger partial charge in [-0.3, -0.25) is 13.7 Å². The highest BCUT2D eigenvalue weighted by Crippen LogP contribution is 1.60. The van der Waals surface area contributed by atoms with Gasteiger partial charge in [0.25, 0.3) is 10.1 Å². The lowest BCUT2D eigenvalue weighted by atomic mass is 12.0. The summed E-state index contributed by atoms with van der Waals surface area (Å²) in [5, 5.41) is 0. The predicted octanol–water partition coefficient (Wildman–Crippen LogP) is -0.513. The summed E-state index contributed by atoms with van der Waals surface area (Å²) >= 11 is 0. The van der Waals surface area contributed by atoms with Crippen LogP contribution < -0.4 is 0 Å². The Morgan fingerprint density at radius 1 is 0.909 bits per heavy atom. The topological polar surface area (TPSA) is 129 Å². The van der Waals surface area contributed by atoms with Crippen LogP contribution in [0.3, 0.4) is 0 Å². The number of hydrogen-bond donors (Lipinski definition) is 3. The fraction of sp³-hybridized carbons (Fsp3) is 1.00. The van der Waals surface area contributed by atoms with E-state index < -0.39 is 20.5 Å². The van der Waals surface area contributed by atoms with Crippen LogP contribution in [0.5, 0.6) is 0 Å². The maximum Gasteiger partial charge on any atom is 0.394 e. The first kappa shape index (κ1) is 17.0. The summed E-state index contributed by atoms with van der Waals surface area (Å²) in [6.45, 7) is 0. The molecule has 0 aliphatic heterocycles. The van der Waals surface area contributed by atoms with Crippen LogP contribution in [0, 0.1) is 0 Å². The van der Waals surface area contributed by atoms with E-state index in [4.69, 9.17) is 22.1 Å². The van der Waals surface area contributed by atoms with E-state index in [1.165, 1.54) is 0 Å². The molecule has 0 saturated heterocycles. The van der Waals surface area contributed by atoms with Crippen molar-refractivity contribution in [1.82, 2.24) is 0 Å². The molecule has 7 nitrogen and oxygen atoms in total. The van der Waals surface area contributed by atoms with E-state index in [0.717, 1.165) is 0 Å². The van der Waals surface area contributed by atoms with Crippen LogP contribution in [0.2, 0.25) is 0 Å². The second-order valence-corrected chi connectivity index (χ2v) is 3.54. The quantitative estimate of drug-likeness (QED) is 0.459. The van der Waals surface area contributed by atoms with Crippen molar-refractivity contribution in [2.24, 2.45) is 0 Å². The SMILES string of the molecule is C.CS(=O)(=O)O.O=S(=O)(O)O. The van der Waals surface area contributed by atoms with Crippen LogP contribution in [-0.4, -0.2) is 36.7 Å². The average molecular weight is 210 g/mol. The summed E-state index contributed by atoms with van der Waals surface area (Å²) in [7, 11) is -8.33. The minimum atomic E-state index is -4.67. The van der Waals surface area contributed by atoms with E-state index >= 15 is 0 Å². The van der Waals surface area contributed by atoms with Crippen molar-refractivity contribution in [2.75, 3.05) is 6.26 Å². The standard InChI is InChI=1S/CH4O3S.CH4.H2O4S/c1-5(2,3)4;;1-5(2,3)4/h1H3,(H,2,3,4);1H4;(H2,1,2,3,4). The summed E-state index contributed by atoms with van der Waals surface area (Å²) < 4.78 is 57.5. The molecule has 0 amide bonds. The highest BCUT2D eigenvalue weighted by molar-refractivity contribution is 7.85. The molecule has 0 heterocycles. The molecule has 0 unspecified atom stereocenters. The molecule has 0 aromatic heterocycles. The van der Waals surface area contributed by atoms with Crippen molar-refractivity contribution < 1.29 is 30.5 Å². The van der Waals surface area contributed by atoms with Gasteiger partial charge in [0, 0.05) is 0 Å². The van der Waals surface area contributed by atoms with Crippen molar-refractivity contribution >= 4 is 20.5 Å². The van der Waals surface area contributed by atoms with Gasteiger partial charge in [0.2, 0.25) is 0 Å². The molecule has 9 heteroatoms. The highest BCUT2D eigenvalue weighted by atomic mass is 32.3. The molecule has 0 rings (SSSR count). The summed E-state index contributed by atoms with van der Waals surface area (Å²) in [6, 6.07) is 0. The molecule has 0 fully saturated rings. The Hall–Kier alpha value is -0.220. The van der Waals surface area contributed by atoms with Gasteiger partial charge in [0.05, 0.1) is 6.26 Å². The van der Waals surface area contributed by atoms with E-state index in [1.54, 1.807) is 0 Å². The van der Waals surface area contributed by atoms with Crippen LogP contribution in [0.1, 0.15) is 7.43 Å². The molecule has 0 spiro atoms. The smallest absolute Gasteiger partial charge is 0.286 e. The third kappa shape index (κ3) is 12200. The zero-order valence-electron chi connectivity index (χ0n) is 4.79. The molecular weight excluding hydrogens is 200 g/mol. The van der Waals surface area contributed by atoms with E-state index in [1.807, 2.05) is 0 Å². The summed E-state index contributed by atoms with van der Waals surface area (Å²) in [4.78, 5) is 0. The van der Waals surface area contributed by atoms with Gasteiger partial charge in [-0.2, -0.15) is 16.8 Å². The van der Waals surface area contributed by atoms with Crippen molar-refractivity contribution in [3.8, 4) is 0 Å². The van der Waals surface area contributed by atoms with Crippen LogP contribution in [0.15, 0.2) is 0 Å². The Morgan fingerprint density at radius 3 is 0.909 bits per heavy atom. The fourth-order valence-electron chi connectivity index (χ4n) is 0. The molecular formula is C2H10O7S2. The largest absolute Gasteiger partial charge is 0.394 e. The summed E-state index contributed by atoms with van der Waals surface area (Å²) in [6.07, 6.45) is 0.715. The normalized spacial score (nSPS) is 10.5. The van der Waals surface area contributed by atoms with E-state index in [9.17, 15) is 8.42 Å². The van der Waals surface area contributed by atoms with Crippen molar-refractivity contribution in [3.05, 3.63) is 0 Å². The van der Waals surface area contributed by atoms with Gasteiger partial charge in [-0.1, -0.05) is 7.43 Å². The van der Waals surface area contributed by atoms with Crippen LogP contribution in [0.25, 0.3) is 0 Å². The van der Waals surface area contributed by atoms with Gasteiger partial charge in [-0.25, -0.2) is 0 Å². The van der Waals surface area contributed by atoms with Crippen molar-refractivity contribution in [1.29, 1.82) is 0 Å². The molecule has 11 heavy (non-hydrogen) atoms. The third-order valence-corrected chi connectivity index (χ3v) is 0. The second kappa shape index (κ2) is 5.43. The monoisotopic (exact) mass is 210 g/mol. The number of rotatable bonds is 0. The van der Waals surface area contributed by atoms with Gasteiger partial charge in [-0.15, -0.1) is 0 Å². The van der Waals surface area contributed by atoms with Gasteiger partial charge >= 0.3 is 10.4 Å². The molecule has 0 saturated carbocycles. The molecule has 3 N–H and O–H groups in total. The number of hydrogen-bond acceptors (Lipinski definition) is 4. The zero-order valence-corrected chi connectivity index (χ0v) is 6.42. The Kier molecular flexibility index (Phi) is 8.41. The molecule has 0 bridgehead atoms. The molecule has 0 atom stereocenters. The Bertz CT molecular complexity index is 211. The van der Waals surface area contributed by atoms with Crippen LogP contribution >= 0.6 is 0 Å². The minimum absolute atomic E-state index is 0. The van der Waals surface area contributed by atoms with Gasteiger partial charge in [0.1, 0.15) is 0 Å². The van der Waals surface area contributed by atoms with Gasteiger partial charge in [-0.05, 0) is 0 Å². The van der Waals surface area contributed by atoms with E-state index in [2.05, 4.69) is 0 Å². The van der Waals surface area contributed by atoms with E-state index in [0.29, 0.717) is 6.26 Å². The maximum atomic E-state index is 9.19. The molecule has 0 radical (unpaired) electrons.